The van der Waals surface area contributed by atoms with E-state index < -0.39 is 0 Å². The molecule has 1 saturated heterocycles. The van der Waals surface area contributed by atoms with E-state index in [2.05, 4.69) is 0 Å². The third-order valence-electron chi connectivity index (χ3n) is 5.26. The summed E-state index contributed by atoms with van der Waals surface area (Å²) >= 11 is 11.9. The van der Waals surface area contributed by atoms with E-state index in [9.17, 15) is 9.59 Å². The van der Waals surface area contributed by atoms with Crippen molar-refractivity contribution in [1.82, 2.24) is 9.47 Å². The van der Waals surface area contributed by atoms with E-state index >= 15 is 0 Å². The van der Waals surface area contributed by atoms with Gasteiger partial charge in [-0.25, -0.2) is 0 Å². The lowest BCUT2D eigenvalue weighted by atomic mass is 10.1. The summed E-state index contributed by atoms with van der Waals surface area (Å²) in [7, 11) is 0. The van der Waals surface area contributed by atoms with Crippen molar-refractivity contribution in [3.05, 3.63) is 62.0 Å². The predicted octanol–water partition coefficient (Wildman–Crippen LogP) is 4.02. The molecule has 1 saturated carbocycles. The van der Waals surface area contributed by atoms with Crippen molar-refractivity contribution in [3.63, 3.8) is 0 Å². The van der Waals surface area contributed by atoms with Crippen LogP contribution in [0.15, 0.2) is 35.1 Å². The Balaban J connectivity index is 1.27. The molecule has 1 aliphatic heterocycles. The second-order valence-electron chi connectivity index (χ2n) is 7.56. The number of amides is 1. The van der Waals surface area contributed by atoms with Gasteiger partial charge in [-0.3, -0.25) is 9.59 Å². The molecule has 2 fully saturated rings. The van der Waals surface area contributed by atoms with E-state index in [1.54, 1.807) is 23.1 Å². The first-order chi connectivity index (χ1) is 13.4. The Morgan fingerprint density at radius 2 is 1.89 bits per heavy atom. The number of rotatable bonds is 6. The highest BCUT2D eigenvalue weighted by molar-refractivity contribution is 6.42. The number of nitrogens with zero attached hydrogens (tertiary/aromatic N) is 2. The molecule has 0 N–H and O–H groups in total. The van der Waals surface area contributed by atoms with Crippen LogP contribution in [0.25, 0.3) is 0 Å². The van der Waals surface area contributed by atoms with Gasteiger partial charge in [0.2, 0.25) is 5.91 Å². The maximum atomic E-state index is 12.3. The highest BCUT2D eigenvalue weighted by Crippen LogP contribution is 2.35. The SMILES string of the molecule is Cc1cc(OC2CN(C(=O)CCc3ccc(Cl)c(Cl)c3)C2)cc(=O)n1C1CC1. The van der Waals surface area contributed by atoms with Crippen molar-refractivity contribution < 1.29 is 9.53 Å². The van der Waals surface area contributed by atoms with Gasteiger partial charge in [-0.05, 0) is 49.9 Å². The molecule has 2 aliphatic rings. The molecule has 0 atom stereocenters. The molecule has 2 heterocycles. The van der Waals surface area contributed by atoms with Gasteiger partial charge in [-0.15, -0.1) is 0 Å². The molecule has 0 bridgehead atoms. The van der Waals surface area contributed by atoms with Crippen LogP contribution >= 0.6 is 23.2 Å². The summed E-state index contributed by atoms with van der Waals surface area (Å²) in [5.41, 5.74) is 1.91. The normalized spacial score (nSPS) is 16.8. The molecule has 148 valence electrons. The molecule has 1 amide bonds. The van der Waals surface area contributed by atoms with Crippen molar-refractivity contribution in [2.24, 2.45) is 0 Å². The summed E-state index contributed by atoms with van der Waals surface area (Å²) in [6.07, 6.45) is 3.12. The van der Waals surface area contributed by atoms with Crippen molar-refractivity contribution in [2.75, 3.05) is 13.1 Å². The number of benzene rings is 1. The molecule has 5 nitrogen and oxygen atoms in total. The van der Waals surface area contributed by atoms with Gasteiger partial charge in [0.05, 0.1) is 23.1 Å². The van der Waals surface area contributed by atoms with E-state index in [0.29, 0.717) is 47.8 Å². The van der Waals surface area contributed by atoms with Crippen LogP contribution in [0.1, 0.15) is 36.6 Å². The van der Waals surface area contributed by atoms with Gasteiger partial charge in [0.1, 0.15) is 11.9 Å². The lowest BCUT2D eigenvalue weighted by molar-refractivity contribution is -0.139. The molecule has 2 aromatic rings. The van der Waals surface area contributed by atoms with Crippen LogP contribution in [0.2, 0.25) is 10.0 Å². The molecular formula is C21H22Cl2N2O3. The summed E-state index contributed by atoms with van der Waals surface area (Å²) < 4.78 is 7.74. The summed E-state index contributed by atoms with van der Waals surface area (Å²) in [6, 6.07) is 9.25. The molecule has 1 aliphatic carbocycles. The molecule has 7 heteroatoms. The maximum absolute atomic E-state index is 12.3. The first kappa shape index (κ1) is 19.3. The topological polar surface area (TPSA) is 51.5 Å². The van der Waals surface area contributed by atoms with Crippen LogP contribution < -0.4 is 10.3 Å². The minimum atomic E-state index is -0.0653. The first-order valence-electron chi connectivity index (χ1n) is 9.52. The lowest BCUT2D eigenvalue weighted by Gasteiger charge is -2.39. The van der Waals surface area contributed by atoms with E-state index in [1.165, 1.54) is 0 Å². The minimum absolute atomic E-state index is 0.00798. The number of hydrogen-bond acceptors (Lipinski definition) is 3. The molecule has 4 rings (SSSR count). The number of carbonyl (C=O) groups is 1. The zero-order valence-electron chi connectivity index (χ0n) is 15.7. The average molecular weight is 421 g/mol. The van der Waals surface area contributed by atoms with Crippen LogP contribution in [0.4, 0.5) is 0 Å². The summed E-state index contributed by atoms with van der Waals surface area (Å²) in [6.45, 7) is 3.03. The van der Waals surface area contributed by atoms with Crippen LogP contribution in [-0.2, 0) is 11.2 Å². The number of likely N-dealkylation sites (tertiary alicyclic amines) is 1. The second kappa shape index (κ2) is 7.80. The number of aromatic nitrogens is 1. The molecule has 28 heavy (non-hydrogen) atoms. The van der Waals surface area contributed by atoms with Crippen molar-refractivity contribution in [3.8, 4) is 5.75 Å². The Morgan fingerprint density at radius 3 is 2.54 bits per heavy atom. The largest absolute Gasteiger partial charge is 0.486 e. The van der Waals surface area contributed by atoms with Gasteiger partial charge in [-0.2, -0.15) is 0 Å². The van der Waals surface area contributed by atoms with Gasteiger partial charge in [0, 0.05) is 24.2 Å². The smallest absolute Gasteiger partial charge is 0.254 e. The average Bonchev–Trinajstić information content (AvgIpc) is 3.43. The van der Waals surface area contributed by atoms with Crippen molar-refractivity contribution in [2.45, 2.75) is 44.8 Å². The fourth-order valence-corrected chi connectivity index (χ4v) is 3.88. The van der Waals surface area contributed by atoms with E-state index in [4.69, 9.17) is 27.9 Å². The third-order valence-corrected chi connectivity index (χ3v) is 6.00. The standard InChI is InChI=1S/C21H22Cl2N2O3/c1-13-8-16(10-21(27)25(13)15-4-5-15)28-17-11-24(12-17)20(26)7-3-14-2-6-18(22)19(23)9-14/h2,6,8-10,15,17H,3-5,7,11-12H2,1H3. The third kappa shape index (κ3) is 4.20. The Bertz CT molecular complexity index is 963. The quantitative estimate of drug-likeness (QED) is 0.708. The van der Waals surface area contributed by atoms with E-state index in [1.807, 2.05) is 23.6 Å². The lowest BCUT2D eigenvalue weighted by Crippen LogP contribution is -2.56. The van der Waals surface area contributed by atoms with Crippen LogP contribution in [-0.4, -0.2) is 34.6 Å². The number of hydrogen-bond donors (Lipinski definition) is 0. The van der Waals surface area contributed by atoms with E-state index in [0.717, 1.165) is 24.1 Å². The van der Waals surface area contributed by atoms with Crippen molar-refractivity contribution >= 4 is 29.1 Å². The Morgan fingerprint density at radius 1 is 1.14 bits per heavy atom. The summed E-state index contributed by atoms with van der Waals surface area (Å²) in [5, 5.41) is 1.02. The van der Waals surface area contributed by atoms with Gasteiger partial charge >= 0.3 is 0 Å². The monoisotopic (exact) mass is 420 g/mol. The fraction of sp³-hybridized carbons (Fsp3) is 0.429. The fourth-order valence-electron chi connectivity index (χ4n) is 3.56. The van der Waals surface area contributed by atoms with Gasteiger partial charge in [-0.1, -0.05) is 29.3 Å². The number of pyridine rings is 1. The zero-order chi connectivity index (χ0) is 19.8. The molecule has 0 radical (unpaired) electrons. The van der Waals surface area contributed by atoms with Crippen LogP contribution in [0, 0.1) is 6.92 Å². The van der Waals surface area contributed by atoms with Crippen LogP contribution in [0.3, 0.4) is 0 Å². The van der Waals surface area contributed by atoms with E-state index in [-0.39, 0.29) is 17.6 Å². The summed E-state index contributed by atoms with van der Waals surface area (Å²) in [5.74, 6) is 0.679. The highest BCUT2D eigenvalue weighted by Gasteiger charge is 2.32. The Hall–Kier alpha value is -1.98. The number of ether oxygens (including phenoxy) is 1. The second-order valence-corrected chi connectivity index (χ2v) is 8.37. The predicted molar refractivity (Wildman–Crippen MR) is 109 cm³/mol. The van der Waals surface area contributed by atoms with Gasteiger partial charge in [0.15, 0.2) is 0 Å². The van der Waals surface area contributed by atoms with Crippen molar-refractivity contribution in [1.29, 1.82) is 0 Å². The van der Waals surface area contributed by atoms with Gasteiger partial charge in [0.25, 0.3) is 5.56 Å². The zero-order valence-corrected chi connectivity index (χ0v) is 17.2. The summed E-state index contributed by atoms with van der Waals surface area (Å²) in [4.78, 5) is 26.4. The molecular weight excluding hydrogens is 399 g/mol. The maximum Gasteiger partial charge on any atom is 0.254 e. The van der Waals surface area contributed by atoms with Gasteiger partial charge < -0.3 is 14.2 Å². The first-order valence-corrected chi connectivity index (χ1v) is 10.3. The minimum Gasteiger partial charge on any atom is -0.486 e. The molecule has 1 aromatic carbocycles. The number of halogens is 2. The molecule has 0 unspecified atom stereocenters. The molecule has 1 aromatic heterocycles. The molecule has 0 spiro atoms. The Labute approximate surface area is 173 Å². The highest BCUT2D eigenvalue weighted by atomic mass is 35.5. The number of carbonyl (C=O) groups excluding carboxylic acids is 1. The Kier molecular flexibility index (Phi) is 5.39. The number of aryl methyl sites for hydroxylation is 2. The van der Waals surface area contributed by atoms with Crippen LogP contribution in [0.5, 0.6) is 5.75 Å².